The first kappa shape index (κ1) is 21.6. The molecule has 8 heteroatoms. The highest BCUT2D eigenvalue weighted by Gasteiger charge is 2.21. The quantitative estimate of drug-likeness (QED) is 0.650. The van der Waals surface area contributed by atoms with Gasteiger partial charge in [0.05, 0.1) is 38.7 Å². The summed E-state index contributed by atoms with van der Waals surface area (Å²) in [5.41, 5.74) is 3.99. The Kier molecular flexibility index (Phi) is 6.83. The van der Waals surface area contributed by atoms with Crippen molar-refractivity contribution in [3.63, 3.8) is 0 Å². The zero-order valence-electron chi connectivity index (χ0n) is 18.3. The number of nitrogens with zero attached hydrogens (tertiary/aromatic N) is 2. The van der Waals surface area contributed by atoms with Crippen molar-refractivity contribution in [3.8, 4) is 17.1 Å². The maximum absolute atomic E-state index is 12.6. The maximum atomic E-state index is 12.6. The van der Waals surface area contributed by atoms with Gasteiger partial charge in [-0.3, -0.25) is 4.57 Å². The molecule has 172 valence electrons. The summed E-state index contributed by atoms with van der Waals surface area (Å²) in [6, 6.07) is 8.21. The van der Waals surface area contributed by atoms with E-state index < -0.39 is 0 Å². The molecule has 0 amide bonds. The van der Waals surface area contributed by atoms with E-state index in [2.05, 4.69) is 23.2 Å². The van der Waals surface area contributed by atoms with E-state index in [0.717, 1.165) is 55.9 Å². The van der Waals surface area contributed by atoms with Crippen LogP contribution in [0.1, 0.15) is 24.0 Å². The summed E-state index contributed by atoms with van der Waals surface area (Å²) in [5, 5.41) is 0. The largest absolute Gasteiger partial charge is 0.475 e. The molecule has 5 rings (SSSR count). The Morgan fingerprint density at radius 3 is 2.81 bits per heavy atom. The summed E-state index contributed by atoms with van der Waals surface area (Å²) < 4.78 is 29.9. The molecule has 2 aromatic rings. The van der Waals surface area contributed by atoms with Crippen LogP contribution in [-0.4, -0.2) is 61.9 Å². The molecule has 0 spiro atoms. The fourth-order valence-electron chi connectivity index (χ4n) is 4.49. The standard InChI is InChI=1S/C24H30N2O6/c27-24-25-23(32-16-20-15-29-9-10-31-20)12-22-21-2-1-18(11-19(21)3-6-26(22)24)14-30-13-17-4-7-28-8-5-17/h1-2,11-12,17,20H,3-10,13-16H2. The molecule has 3 aliphatic heterocycles. The average Bonchev–Trinajstić information content (AvgIpc) is 2.84. The molecule has 2 fully saturated rings. The second-order valence-electron chi connectivity index (χ2n) is 8.60. The van der Waals surface area contributed by atoms with Crippen LogP contribution in [0.15, 0.2) is 29.1 Å². The monoisotopic (exact) mass is 442 g/mol. The number of fused-ring (bicyclic) bond motifs is 3. The van der Waals surface area contributed by atoms with Crippen molar-refractivity contribution in [2.45, 2.75) is 38.5 Å². The van der Waals surface area contributed by atoms with E-state index >= 15 is 0 Å². The van der Waals surface area contributed by atoms with E-state index in [9.17, 15) is 4.79 Å². The van der Waals surface area contributed by atoms with Crippen molar-refractivity contribution >= 4 is 0 Å². The average molecular weight is 443 g/mol. The minimum absolute atomic E-state index is 0.139. The van der Waals surface area contributed by atoms with Gasteiger partial charge >= 0.3 is 5.69 Å². The van der Waals surface area contributed by atoms with Gasteiger partial charge in [-0.25, -0.2) is 4.79 Å². The van der Waals surface area contributed by atoms with Crippen LogP contribution in [0.3, 0.4) is 0 Å². The van der Waals surface area contributed by atoms with E-state index in [0.29, 0.717) is 51.4 Å². The minimum Gasteiger partial charge on any atom is -0.475 e. The molecule has 0 N–H and O–H groups in total. The fraction of sp³-hybridized carbons (Fsp3) is 0.583. The van der Waals surface area contributed by atoms with Crippen LogP contribution >= 0.6 is 0 Å². The maximum Gasteiger partial charge on any atom is 0.351 e. The van der Waals surface area contributed by atoms with Crippen molar-refractivity contribution in [1.82, 2.24) is 9.55 Å². The lowest BCUT2D eigenvalue weighted by atomic mass is 9.95. The Morgan fingerprint density at radius 2 is 1.97 bits per heavy atom. The SMILES string of the molecule is O=c1nc(OCC2COCCO2)cc2n1CCc1cc(COCC3CCOCC3)ccc1-2. The van der Waals surface area contributed by atoms with Crippen LogP contribution in [0.4, 0.5) is 0 Å². The molecule has 1 aromatic carbocycles. The minimum atomic E-state index is -0.284. The molecule has 0 radical (unpaired) electrons. The van der Waals surface area contributed by atoms with E-state index in [1.54, 1.807) is 4.57 Å². The Morgan fingerprint density at radius 1 is 1.06 bits per heavy atom. The first-order chi connectivity index (χ1) is 15.8. The molecule has 4 heterocycles. The first-order valence-electron chi connectivity index (χ1n) is 11.5. The summed E-state index contributed by atoms with van der Waals surface area (Å²) in [5.74, 6) is 0.920. The van der Waals surface area contributed by atoms with Crippen molar-refractivity contribution < 1.29 is 23.7 Å². The Labute approximate surface area is 187 Å². The van der Waals surface area contributed by atoms with Gasteiger partial charge in [0, 0.05) is 31.4 Å². The highest BCUT2D eigenvalue weighted by Crippen LogP contribution is 2.30. The van der Waals surface area contributed by atoms with Gasteiger partial charge in [0.25, 0.3) is 0 Å². The summed E-state index contributed by atoms with van der Waals surface area (Å²) in [6.45, 7) is 5.64. The third-order valence-corrected chi connectivity index (χ3v) is 6.30. The number of benzene rings is 1. The van der Waals surface area contributed by atoms with Gasteiger partial charge in [-0.1, -0.05) is 18.2 Å². The summed E-state index contributed by atoms with van der Waals surface area (Å²) in [7, 11) is 0. The van der Waals surface area contributed by atoms with Crippen LogP contribution in [0.2, 0.25) is 0 Å². The molecule has 1 atom stereocenters. The third kappa shape index (κ3) is 5.04. The molecule has 1 aromatic heterocycles. The van der Waals surface area contributed by atoms with Crippen molar-refractivity contribution in [2.24, 2.45) is 5.92 Å². The molecule has 0 saturated carbocycles. The van der Waals surface area contributed by atoms with Crippen molar-refractivity contribution in [2.75, 3.05) is 46.2 Å². The lowest BCUT2D eigenvalue weighted by molar-refractivity contribution is -0.102. The van der Waals surface area contributed by atoms with Crippen LogP contribution in [0.25, 0.3) is 11.3 Å². The highest BCUT2D eigenvalue weighted by molar-refractivity contribution is 5.67. The smallest absolute Gasteiger partial charge is 0.351 e. The van der Waals surface area contributed by atoms with Crippen molar-refractivity contribution in [1.29, 1.82) is 0 Å². The summed E-state index contributed by atoms with van der Waals surface area (Å²) in [6.07, 6.45) is 2.81. The summed E-state index contributed by atoms with van der Waals surface area (Å²) in [4.78, 5) is 16.7. The molecular formula is C24H30N2O6. The van der Waals surface area contributed by atoms with Crippen LogP contribution < -0.4 is 10.4 Å². The first-order valence-corrected chi connectivity index (χ1v) is 11.5. The lowest BCUT2D eigenvalue weighted by Gasteiger charge is -2.24. The van der Waals surface area contributed by atoms with Gasteiger partial charge in [-0.2, -0.15) is 4.98 Å². The predicted molar refractivity (Wildman–Crippen MR) is 117 cm³/mol. The second-order valence-corrected chi connectivity index (χ2v) is 8.60. The molecule has 0 aliphatic carbocycles. The molecule has 2 saturated heterocycles. The van der Waals surface area contributed by atoms with Crippen LogP contribution in [-0.2, 0) is 38.5 Å². The van der Waals surface area contributed by atoms with E-state index in [4.69, 9.17) is 23.7 Å². The van der Waals surface area contributed by atoms with Gasteiger partial charge in [-0.05, 0) is 36.3 Å². The molecule has 3 aliphatic rings. The zero-order chi connectivity index (χ0) is 21.8. The topological polar surface area (TPSA) is 81.0 Å². The third-order valence-electron chi connectivity index (χ3n) is 6.30. The number of hydrogen-bond acceptors (Lipinski definition) is 7. The number of aryl methyl sites for hydroxylation is 1. The van der Waals surface area contributed by atoms with Gasteiger partial charge in [0.1, 0.15) is 12.7 Å². The van der Waals surface area contributed by atoms with E-state index in [1.807, 2.05) is 6.07 Å². The van der Waals surface area contributed by atoms with Crippen LogP contribution in [0.5, 0.6) is 5.88 Å². The molecule has 0 bridgehead atoms. The van der Waals surface area contributed by atoms with Gasteiger partial charge in [0.2, 0.25) is 5.88 Å². The molecule has 1 unspecified atom stereocenters. The van der Waals surface area contributed by atoms with Gasteiger partial charge < -0.3 is 23.7 Å². The van der Waals surface area contributed by atoms with E-state index in [1.165, 1.54) is 5.56 Å². The Bertz CT molecular complexity index is 979. The van der Waals surface area contributed by atoms with E-state index in [-0.39, 0.29) is 11.8 Å². The number of aromatic nitrogens is 2. The predicted octanol–water partition coefficient (Wildman–Crippen LogP) is 2.20. The molecule has 8 nitrogen and oxygen atoms in total. The fourth-order valence-corrected chi connectivity index (χ4v) is 4.49. The Hall–Kier alpha value is -2.26. The molecular weight excluding hydrogens is 412 g/mol. The number of hydrogen-bond donors (Lipinski definition) is 0. The number of rotatable bonds is 7. The Balaban J connectivity index is 1.26. The lowest BCUT2D eigenvalue weighted by Crippen LogP contribution is -2.34. The number of ether oxygens (including phenoxy) is 5. The molecule has 32 heavy (non-hydrogen) atoms. The zero-order valence-corrected chi connectivity index (χ0v) is 18.3. The van der Waals surface area contributed by atoms with Crippen molar-refractivity contribution in [3.05, 3.63) is 45.9 Å². The van der Waals surface area contributed by atoms with Gasteiger partial charge in [-0.15, -0.1) is 0 Å². The second kappa shape index (κ2) is 10.1. The van der Waals surface area contributed by atoms with Gasteiger partial charge in [0.15, 0.2) is 0 Å². The highest BCUT2D eigenvalue weighted by atomic mass is 16.6. The normalized spacial score (nSPS) is 21.1. The van der Waals surface area contributed by atoms with Crippen LogP contribution in [0, 0.1) is 5.92 Å². The summed E-state index contributed by atoms with van der Waals surface area (Å²) >= 11 is 0.